The Labute approximate surface area is 78.9 Å². The molecule has 1 unspecified atom stereocenters. The van der Waals surface area contributed by atoms with Gasteiger partial charge in [0.2, 0.25) is 0 Å². The van der Waals surface area contributed by atoms with Gasteiger partial charge >= 0.3 is 0 Å². The topological polar surface area (TPSA) is 39.1 Å². The largest absolute Gasteiger partial charge is 0.490 e. The second kappa shape index (κ2) is 4.87. The molecule has 1 aromatic heterocycles. The lowest BCUT2D eigenvalue weighted by atomic mass is 10.2. The summed E-state index contributed by atoms with van der Waals surface area (Å²) in [5.74, 6) is 1.36. The Morgan fingerprint density at radius 2 is 2.46 bits per heavy atom. The van der Waals surface area contributed by atoms with Crippen LogP contribution in [0.1, 0.15) is 6.92 Å². The van der Waals surface area contributed by atoms with Crippen LogP contribution in [0.15, 0.2) is 12.4 Å². The van der Waals surface area contributed by atoms with E-state index in [1.165, 1.54) is 0 Å². The summed E-state index contributed by atoms with van der Waals surface area (Å²) in [5.41, 5.74) is 0. The smallest absolute Gasteiger partial charge is 0.157 e. The van der Waals surface area contributed by atoms with Crippen molar-refractivity contribution in [3.8, 4) is 5.75 Å². The maximum Gasteiger partial charge on any atom is 0.157 e. The van der Waals surface area contributed by atoms with E-state index in [0.717, 1.165) is 18.9 Å². The van der Waals surface area contributed by atoms with E-state index < -0.39 is 0 Å². The van der Waals surface area contributed by atoms with Crippen molar-refractivity contribution in [1.29, 1.82) is 0 Å². The summed E-state index contributed by atoms with van der Waals surface area (Å²) in [4.78, 5) is 0. The van der Waals surface area contributed by atoms with Crippen LogP contribution in [0.2, 0.25) is 0 Å². The number of aromatic nitrogens is 2. The molecule has 74 valence electrons. The van der Waals surface area contributed by atoms with Crippen LogP contribution in [0.3, 0.4) is 0 Å². The number of rotatable bonds is 5. The van der Waals surface area contributed by atoms with Gasteiger partial charge in [-0.15, -0.1) is 0 Å². The molecule has 0 saturated carbocycles. The first-order valence-electron chi connectivity index (χ1n) is 4.48. The van der Waals surface area contributed by atoms with E-state index >= 15 is 0 Å². The predicted molar refractivity (Wildman–Crippen MR) is 51.8 cm³/mol. The molecule has 0 fully saturated rings. The highest BCUT2D eigenvalue weighted by molar-refractivity contribution is 5.11. The zero-order valence-corrected chi connectivity index (χ0v) is 8.45. The molecule has 0 aliphatic rings. The average Bonchev–Trinajstić information content (AvgIpc) is 2.49. The molecule has 1 atom stereocenters. The number of aryl methyl sites for hydroxylation is 1. The zero-order valence-electron chi connectivity index (χ0n) is 8.45. The summed E-state index contributed by atoms with van der Waals surface area (Å²) < 4.78 is 7.25. The van der Waals surface area contributed by atoms with E-state index in [9.17, 15) is 0 Å². The summed E-state index contributed by atoms with van der Waals surface area (Å²) in [5, 5.41) is 7.12. The van der Waals surface area contributed by atoms with Crippen molar-refractivity contribution in [1.82, 2.24) is 15.1 Å². The van der Waals surface area contributed by atoms with Crippen molar-refractivity contribution in [3.05, 3.63) is 12.4 Å². The van der Waals surface area contributed by atoms with Crippen LogP contribution in [0.4, 0.5) is 0 Å². The van der Waals surface area contributed by atoms with Crippen LogP contribution >= 0.6 is 0 Å². The summed E-state index contributed by atoms with van der Waals surface area (Å²) in [7, 11) is 3.82. The SMILES string of the molecule is CNCC(C)COc1cnn(C)c1. The molecule has 0 aliphatic heterocycles. The fourth-order valence-electron chi connectivity index (χ4n) is 1.12. The van der Waals surface area contributed by atoms with Gasteiger partial charge in [0.05, 0.1) is 19.0 Å². The molecule has 1 rings (SSSR count). The Balaban J connectivity index is 2.26. The minimum atomic E-state index is 0.519. The van der Waals surface area contributed by atoms with Crippen LogP contribution in [0, 0.1) is 5.92 Å². The molecule has 1 N–H and O–H groups in total. The first-order valence-corrected chi connectivity index (χ1v) is 4.48. The molecule has 0 amide bonds. The van der Waals surface area contributed by atoms with E-state index in [0.29, 0.717) is 5.92 Å². The molecule has 0 saturated heterocycles. The van der Waals surface area contributed by atoms with Gasteiger partial charge in [0, 0.05) is 19.5 Å². The van der Waals surface area contributed by atoms with Crippen LogP contribution in [-0.2, 0) is 7.05 Å². The van der Waals surface area contributed by atoms with Gasteiger partial charge in [0.1, 0.15) is 0 Å². The normalized spacial score (nSPS) is 12.8. The van der Waals surface area contributed by atoms with Crippen LogP contribution in [-0.4, -0.2) is 30.0 Å². The minimum absolute atomic E-state index is 0.519. The second-order valence-corrected chi connectivity index (χ2v) is 3.32. The molecule has 4 heteroatoms. The van der Waals surface area contributed by atoms with Crippen LogP contribution in [0.25, 0.3) is 0 Å². The Morgan fingerprint density at radius 1 is 1.69 bits per heavy atom. The number of hydrogen-bond acceptors (Lipinski definition) is 3. The standard InChI is InChI=1S/C9H17N3O/c1-8(4-10-2)7-13-9-5-11-12(3)6-9/h5-6,8,10H,4,7H2,1-3H3. The molecule has 0 spiro atoms. The van der Waals surface area contributed by atoms with Gasteiger partial charge in [0.15, 0.2) is 5.75 Å². The molecule has 0 radical (unpaired) electrons. The van der Waals surface area contributed by atoms with Crippen molar-refractivity contribution < 1.29 is 4.74 Å². The molecule has 0 bridgehead atoms. The highest BCUT2D eigenvalue weighted by Gasteiger charge is 2.02. The molecule has 4 nitrogen and oxygen atoms in total. The molecular weight excluding hydrogens is 166 g/mol. The third kappa shape index (κ3) is 3.46. The van der Waals surface area contributed by atoms with Gasteiger partial charge in [-0.3, -0.25) is 4.68 Å². The van der Waals surface area contributed by atoms with Gasteiger partial charge < -0.3 is 10.1 Å². The quantitative estimate of drug-likeness (QED) is 0.728. The first kappa shape index (κ1) is 10.1. The Bertz CT molecular complexity index is 247. The molecule has 1 heterocycles. The lowest BCUT2D eigenvalue weighted by molar-refractivity contribution is 0.258. The Hall–Kier alpha value is -1.03. The second-order valence-electron chi connectivity index (χ2n) is 3.32. The van der Waals surface area contributed by atoms with Crippen molar-refractivity contribution >= 4 is 0 Å². The van der Waals surface area contributed by atoms with Crippen molar-refractivity contribution in [2.45, 2.75) is 6.92 Å². The van der Waals surface area contributed by atoms with Crippen LogP contribution in [0.5, 0.6) is 5.75 Å². The minimum Gasteiger partial charge on any atom is -0.490 e. The van der Waals surface area contributed by atoms with Crippen molar-refractivity contribution in [2.24, 2.45) is 13.0 Å². The molecule has 0 aliphatic carbocycles. The number of nitrogens with one attached hydrogen (secondary N) is 1. The summed E-state index contributed by atoms with van der Waals surface area (Å²) in [6.07, 6.45) is 3.60. The lowest BCUT2D eigenvalue weighted by Crippen LogP contribution is -2.21. The predicted octanol–water partition coefficient (Wildman–Crippen LogP) is 0.654. The highest BCUT2D eigenvalue weighted by Crippen LogP contribution is 2.08. The zero-order chi connectivity index (χ0) is 9.68. The van der Waals surface area contributed by atoms with Gasteiger partial charge in [-0.05, 0) is 7.05 Å². The number of hydrogen-bond donors (Lipinski definition) is 1. The Morgan fingerprint density at radius 3 is 3.00 bits per heavy atom. The molecular formula is C9H17N3O. The van der Waals surface area contributed by atoms with Gasteiger partial charge in [0.25, 0.3) is 0 Å². The highest BCUT2D eigenvalue weighted by atomic mass is 16.5. The van der Waals surface area contributed by atoms with Gasteiger partial charge in [-0.25, -0.2) is 0 Å². The molecule has 1 aromatic rings. The number of ether oxygens (including phenoxy) is 1. The van der Waals surface area contributed by atoms with E-state index in [1.807, 2.05) is 20.3 Å². The van der Waals surface area contributed by atoms with Gasteiger partial charge in [-0.1, -0.05) is 6.92 Å². The lowest BCUT2D eigenvalue weighted by Gasteiger charge is -2.10. The summed E-state index contributed by atoms with van der Waals surface area (Å²) in [6.45, 7) is 3.85. The van der Waals surface area contributed by atoms with E-state index in [1.54, 1.807) is 10.9 Å². The summed E-state index contributed by atoms with van der Waals surface area (Å²) >= 11 is 0. The summed E-state index contributed by atoms with van der Waals surface area (Å²) in [6, 6.07) is 0. The van der Waals surface area contributed by atoms with Crippen molar-refractivity contribution in [2.75, 3.05) is 20.2 Å². The monoisotopic (exact) mass is 183 g/mol. The third-order valence-corrected chi connectivity index (χ3v) is 1.77. The Kier molecular flexibility index (Phi) is 3.76. The maximum absolute atomic E-state index is 5.52. The maximum atomic E-state index is 5.52. The average molecular weight is 183 g/mol. The van der Waals surface area contributed by atoms with E-state index in [-0.39, 0.29) is 0 Å². The van der Waals surface area contributed by atoms with Gasteiger partial charge in [-0.2, -0.15) is 5.10 Å². The molecule has 13 heavy (non-hydrogen) atoms. The van der Waals surface area contributed by atoms with E-state index in [2.05, 4.69) is 17.3 Å². The third-order valence-electron chi connectivity index (χ3n) is 1.77. The van der Waals surface area contributed by atoms with Crippen LogP contribution < -0.4 is 10.1 Å². The fraction of sp³-hybridized carbons (Fsp3) is 0.667. The fourth-order valence-corrected chi connectivity index (χ4v) is 1.12. The first-order chi connectivity index (χ1) is 6.22. The van der Waals surface area contributed by atoms with E-state index in [4.69, 9.17) is 4.74 Å². The number of nitrogens with zero attached hydrogens (tertiary/aromatic N) is 2. The molecule has 0 aromatic carbocycles. The van der Waals surface area contributed by atoms with Crippen molar-refractivity contribution in [3.63, 3.8) is 0 Å².